The third-order valence-corrected chi connectivity index (χ3v) is 3.53. The van der Waals surface area contributed by atoms with Crippen LogP contribution in [0.5, 0.6) is 0 Å². The summed E-state index contributed by atoms with van der Waals surface area (Å²) in [6.45, 7) is 13.2. The minimum absolute atomic E-state index is 0.329. The van der Waals surface area contributed by atoms with Gasteiger partial charge in [-0.15, -0.1) is 0 Å². The first kappa shape index (κ1) is 11.7. The van der Waals surface area contributed by atoms with Gasteiger partial charge < -0.3 is 5.73 Å². The molecular formula is C12H24N2. The first-order valence-electron chi connectivity index (χ1n) is 5.54. The van der Waals surface area contributed by atoms with E-state index in [1.807, 2.05) is 0 Å². The van der Waals surface area contributed by atoms with Crippen molar-refractivity contribution in [2.75, 3.05) is 26.2 Å². The molecule has 0 amide bonds. The van der Waals surface area contributed by atoms with Crippen LogP contribution in [0.1, 0.15) is 27.7 Å². The van der Waals surface area contributed by atoms with Crippen molar-refractivity contribution in [1.29, 1.82) is 0 Å². The highest BCUT2D eigenvalue weighted by molar-refractivity contribution is 4.99. The molecule has 0 aliphatic carbocycles. The van der Waals surface area contributed by atoms with Crippen LogP contribution in [-0.2, 0) is 0 Å². The standard InChI is InChI=1S/C12H24N2/c1-10(2)5-6-14-7-11(3)12(4,8-13)9-14/h5,11H,6-9,13H2,1-4H3. The second-order valence-corrected chi connectivity index (χ2v) is 5.23. The summed E-state index contributed by atoms with van der Waals surface area (Å²) in [6, 6.07) is 0. The van der Waals surface area contributed by atoms with Crippen LogP contribution in [0.3, 0.4) is 0 Å². The van der Waals surface area contributed by atoms with Crippen molar-refractivity contribution >= 4 is 0 Å². The molecule has 1 saturated heterocycles. The van der Waals surface area contributed by atoms with Crippen LogP contribution in [0.15, 0.2) is 11.6 Å². The molecule has 2 nitrogen and oxygen atoms in total. The first-order valence-corrected chi connectivity index (χ1v) is 5.54. The Balaban J connectivity index is 2.51. The Morgan fingerprint density at radius 2 is 2.21 bits per heavy atom. The quantitative estimate of drug-likeness (QED) is 0.698. The van der Waals surface area contributed by atoms with Gasteiger partial charge in [0.2, 0.25) is 0 Å². The van der Waals surface area contributed by atoms with Gasteiger partial charge in [0.15, 0.2) is 0 Å². The summed E-state index contributed by atoms with van der Waals surface area (Å²) >= 11 is 0. The molecule has 1 fully saturated rings. The van der Waals surface area contributed by atoms with Crippen molar-refractivity contribution in [3.05, 3.63) is 11.6 Å². The van der Waals surface area contributed by atoms with Crippen LogP contribution in [0.2, 0.25) is 0 Å². The van der Waals surface area contributed by atoms with Crippen molar-refractivity contribution in [2.24, 2.45) is 17.1 Å². The van der Waals surface area contributed by atoms with Gasteiger partial charge in [-0.2, -0.15) is 0 Å². The summed E-state index contributed by atoms with van der Waals surface area (Å²) in [4.78, 5) is 2.50. The smallest absolute Gasteiger partial charge is 0.0165 e. The van der Waals surface area contributed by atoms with E-state index in [2.05, 4.69) is 38.7 Å². The van der Waals surface area contributed by atoms with Crippen LogP contribution in [0, 0.1) is 11.3 Å². The van der Waals surface area contributed by atoms with Gasteiger partial charge in [-0.3, -0.25) is 4.90 Å². The molecule has 0 aromatic carbocycles. The molecule has 2 unspecified atom stereocenters. The van der Waals surface area contributed by atoms with Crippen LogP contribution >= 0.6 is 0 Å². The molecule has 82 valence electrons. The Morgan fingerprint density at radius 1 is 1.57 bits per heavy atom. The zero-order chi connectivity index (χ0) is 10.8. The molecule has 1 rings (SSSR count). The molecule has 0 bridgehead atoms. The van der Waals surface area contributed by atoms with Gasteiger partial charge in [-0.1, -0.05) is 25.5 Å². The van der Waals surface area contributed by atoms with Crippen LogP contribution in [-0.4, -0.2) is 31.1 Å². The lowest BCUT2D eigenvalue weighted by atomic mass is 9.81. The van der Waals surface area contributed by atoms with E-state index in [0.717, 1.165) is 25.6 Å². The van der Waals surface area contributed by atoms with E-state index in [-0.39, 0.29) is 0 Å². The predicted molar refractivity (Wildman–Crippen MR) is 62.2 cm³/mol. The third-order valence-electron chi connectivity index (χ3n) is 3.53. The monoisotopic (exact) mass is 196 g/mol. The van der Waals surface area contributed by atoms with Gasteiger partial charge in [-0.05, 0) is 31.7 Å². The summed E-state index contributed by atoms with van der Waals surface area (Å²) in [5.41, 5.74) is 7.57. The van der Waals surface area contributed by atoms with Gasteiger partial charge >= 0.3 is 0 Å². The normalized spacial score (nSPS) is 33.4. The van der Waals surface area contributed by atoms with E-state index in [0.29, 0.717) is 5.41 Å². The molecule has 2 atom stereocenters. The fraction of sp³-hybridized carbons (Fsp3) is 0.833. The van der Waals surface area contributed by atoms with Gasteiger partial charge in [0.25, 0.3) is 0 Å². The highest BCUT2D eigenvalue weighted by Crippen LogP contribution is 2.34. The fourth-order valence-corrected chi connectivity index (χ4v) is 2.06. The highest BCUT2D eigenvalue weighted by Gasteiger charge is 2.38. The molecule has 0 aromatic heterocycles. The molecule has 1 aliphatic rings. The van der Waals surface area contributed by atoms with Crippen LogP contribution in [0.25, 0.3) is 0 Å². The van der Waals surface area contributed by atoms with Crippen molar-refractivity contribution < 1.29 is 0 Å². The lowest BCUT2D eigenvalue weighted by Crippen LogP contribution is -2.34. The molecule has 1 heterocycles. The molecule has 2 N–H and O–H groups in total. The molecule has 14 heavy (non-hydrogen) atoms. The number of hydrogen-bond acceptors (Lipinski definition) is 2. The van der Waals surface area contributed by atoms with Gasteiger partial charge in [0.1, 0.15) is 0 Å². The SMILES string of the molecule is CC(C)=CCN1CC(C)C(C)(CN)C1. The Hall–Kier alpha value is -0.340. The zero-order valence-corrected chi connectivity index (χ0v) is 10.0. The number of allylic oxidation sites excluding steroid dienone is 1. The number of likely N-dealkylation sites (tertiary alicyclic amines) is 1. The van der Waals surface area contributed by atoms with Crippen molar-refractivity contribution in [3.63, 3.8) is 0 Å². The summed E-state index contributed by atoms with van der Waals surface area (Å²) in [7, 11) is 0. The molecule has 0 radical (unpaired) electrons. The lowest BCUT2D eigenvalue weighted by Gasteiger charge is -2.26. The maximum Gasteiger partial charge on any atom is 0.0165 e. The fourth-order valence-electron chi connectivity index (χ4n) is 2.06. The summed E-state index contributed by atoms with van der Waals surface area (Å²) in [5, 5.41) is 0. The average Bonchev–Trinajstić information content (AvgIpc) is 2.40. The second kappa shape index (κ2) is 4.45. The lowest BCUT2D eigenvalue weighted by molar-refractivity contribution is 0.269. The number of nitrogens with two attached hydrogens (primary N) is 1. The van der Waals surface area contributed by atoms with Crippen molar-refractivity contribution in [3.8, 4) is 0 Å². The Labute approximate surface area is 88.2 Å². The van der Waals surface area contributed by atoms with Crippen LogP contribution < -0.4 is 5.73 Å². The molecule has 0 spiro atoms. The summed E-state index contributed by atoms with van der Waals surface area (Å²) < 4.78 is 0. The van der Waals surface area contributed by atoms with Gasteiger partial charge in [0, 0.05) is 19.6 Å². The molecule has 0 saturated carbocycles. The maximum atomic E-state index is 5.83. The first-order chi connectivity index (χ1) is 6.48. The van der Waals surface area contributed by atoms with E-state index in [1.165, 1.54) is 12.1 Å². The average molecular weight is 196 g/mol. The third kappa shape index (κ3) is 2.58. The van der Waals surface area contributed by atoms with Gasteiger partial charge in [-0.25, -0.2) is 0 Å². The number of rotatable bonds is 3. The highest BCUT2D eigenvalue weighted by atomic mass is 15.2. The minimum Gasteiger partial charge on any atom is -0.330 e. The van der Waals surface area contributed by atoms with Crippen LogP contribution in [0.4, 0.5) is 0 Å². The van der Waals surface area contributed by atoms with E-state index in [4.69, 9.17) is 5.73 Å². The molecular weight excluding hydrogens is 172 g/mol. The Bertz CT molecular complexity index is 218. The van der Waals surface area contributed by atoms with E-state index >= 15 is 0 Å². The number of nitrogens with zero attached hydrogens (tertiary/aromatic N) is 1. The minimum atomic E-state index is 0.329. The second-order valence-electron chi connectivity index (χ2n) is 5.23. The van der Waals surface area contributed by atoms with Crippen molar-refractivity contribution in [1.82, 2.24) is 4.90 Å². The maximum absolute atomic E-state index is 5.83. The number of hydrogen-bond donors (Lipinski definition) is 1. The largest absolute Gasteiger partial charge is 0.330 e. The molecule has 1 aliphatic heterocycles. The summed E-state index contributed by atoms with van der Waals surface area (Å²) in [5.74, 6) is 0.720. The topological polar surface area (TPSA) is 29.3 Å². The van der Waals surface area contributed by atoms with Crippen molar-refractivity contribution in [2.45, 2.75) is 27.7 Å². The molecule has 0 aromatic rings. The van der Waals surface area contributed by atoms with E-state index < -0.39 is 0 Å². The Morgan fingerprint density at radius 3 is 2.64 bits per heavy atom. The Kier molecular flexibility index (Phi) is 3.73. The summed E-state index contributed by atoms with van der Waals surface area (Å²) in [6.07, 6.45) is 2.30. The zero-order valence-electron chi connectivity index (χ0n) is 10.0. The van der Waals surface area contributed by atoms with E-state index in [1.54, 1.807) is 0 Å². The molecule has 2 heteroatoms. The van der Waals surface area contributed by atoms with Gasteiger partial charge in [0.05, 0.1) is 0 Å². The predicted octanol–water partition coefficient (Wildman–Crippen LogP) is 1.87. The van der Waals surface area contributed by atoms with E-state index in [9.17, 15) is 0 Å².